The number of nitrogens with one attached hydrogen (secondary N) is 2. The van der Waals surface area contributed by atoms with Crippen molar-refractivity contribution in [3.63, 3.8) is 0 Å². The minimum absolute atomic E-state index is 0.0248. The summed E-state index contributed by atoms with van der Waals surface area (Å²) in [6, 6.07) is 6.61. The van der Waals surface area contributed by atoms with Crippen LogP contribution in [0, 0.1) is 17.0 Å². The normalized spacial score (nSPS) is 20.3. The predicted molar refractivity (Wildman–Crippen MR) is 122 cm³/mol. The quantitative estimate of drug-likeness (QED) is 0.251. The van der Waals surface area contributed by atoms with Gasteiger partial charge in [0, 0.05) is 49.3 Å². The number of aliphatic hydroxyl groups is 2. The monoisotopic (exact) mass is 493 g/mol. The number of halogens is 2. The van der Waals surface area contributed by atoms with Gasteiger partial charge in [0.2, 0.25) is 0 Å². The first-order valence-corrected chi connectivity index (χ1v) is 11.1. The van der Waals surface area contributed by atoms with Crippen LogP contribution in [0.5, 0.6) is 11.5 Å². The summed E-state index contributed by atoms with van der Waals surface area (Å²) in [5.41, 5.74) is 5.91. The van der Waals surface area contributed by atoms with Gasteiger partial charge in [0.15, 0.2) is 6.10 Å². The van der Waals surface area contributed by atoms with Gasteiger partial charge in [-0.05, 0) is 13.0 Å². The molecule has 190 valence electrons. The molecule has 6 N–H and O–H groups in total. The van der Waals surface area contributed by atoms with Crippen molar-refractivity contribution in [2.75, 3.05) is 13.7 Å². The van der Waals surface area contributed by atoms with Gasteiger partial charge in [-0.25, -0.2) is 8.78 Å². The Bertz CT molecular complexity index is 1050. The van der Waals surface area contributed by atoms with Crippen LogP contribution in [0.25, 0.3) is 0 Å². The number of nitrogens with two attached hydrogens (primary N) is 1. The number of carbonyl (C=O) groups is 1. The van der Waals surface area contributed by atoms with E-state index in [0.717, 1.165) is 12.1 Å². The van der Waals surface area contributed by atoms with E-state index in [0.29, 0.717) is 16.9 Å². The lowest BCUT2D eigenvalue weighted by Crippen LogP contribution is -2.32. The molecule has 35 heavy (non-hydrogen) atoms. The lowest BCUT2D eigenvalue weighted by Gasteiger charge is -2.21. The Kier molecular flexibility index (Phi) is 8.60. The molecule has 0 aromatic heterocycles. The number of benzene rings is 2. The van der Waals surface area contributed by atoms with Crippen LogP contribution in [0.2, 0.25) is 0 Å². The van der Waals surface area contributed by atoms with Crippen molar-refractivity contribution in [1.29, 1.82) is 5.41 Å². The molecule has 1 amide bonds. The van der Waals surface area contributed by atoms with Gasteiger partial charge in [0.25, 0.3) is 5.91 Å². The van der Waals surface area contributed by atoms with Gasteiger partial charge in [0.05, 0.1) is 24.9 Å². The zero-order chi connectivity index (χ0) is 25.7. The number of rotatable bonds is 10. The summed E-state index contributed by atoms with van der Waals surface area (Å²) < 4.78 is 45.3. The number of amidine groups is 1. The second-order valence-electron chi connectivity index (χ2n) is 8.14. The third-order valence-electron chi connectivity index (χ3n) is 5.70. The van der Waals surface area contributed by atoms with E-state index in [4.69, 9.17) is 25.4 Å². The molecule has 1 saturated carbocycles. The molecule has 9 nitrogen and oxygen atoms in total. The van der Waals surface area contributed by atoms with Gasteiger partial charge in [-0.3, -0.25) is 10.2 Å². The lowest BCUT2D eigenvalue weighted by molar-refractivity contribution is -0.133. The number of aliphatic hydroxyl groups excluding tert-OH is 2. The van der Waals surface area contributed by atoms with Crippen LogP contribution in [0.4, 0.5) is 8.78 Å². The molecule has 2 unspecified atom stereocenters. The first kappa shape index (κ1) is 26.3. The highest BCUT2D eigenvalue weighted by Gasteiger charge is 2.33. The molecule has 11 heteroatoms. The molecule has 2 aromatic rings. The fourth-order valence-corrected chi connectivity index (χ4v) is 3.86. The molecule has 1 aliphatic rings. The van der Waals surface area contributed by atoms with Crippen LogP contribution in [0.1, 0.15) is 42.6 Å². The molecule has 3 rings (SSSR count). The Morgan fingerprint density at radius 1 is 1.20 bits per heavy atom. The van der Waals surface area contributed by atoms with Gasteiger partial charge in [0.1, 0.15) is 35.1 Å². The molecule has 0 spiro atoms. The van der Waals surface area contributed by atoms with Crippen LogP contribution < -0.4 is 20.5 Å². The van der Waals surface area contributed by atoms with E-state index in [1.165, 1.54) is 13.2 Å². The molecule has 2 aromatic carbocycles. The van der Waals surface area contributed by atoms with Crippen molar-refractivity contribution >= 4 is 11.7 Å². The predicted octanol–water partition coefficient (Wildman–Crippen LogP) is 1.91. The molecule has 0 aliphatic heterocycles. The summed E-state index contributed by atoms with van der Waals surface area (Å²) in [5, 5.41) is 29.9. The Morgan fingerprint density at radius 2 is 1.83 bits per heavy atom. The Balaban J connectivity index is 1.81. The van der Waals surface area contributed by atoms with E-state index < -0.39 is 47.5 Å². The molecule has 0 bridgehead atoms. The summed E-state index contributed by atoms with van der Waals surface area (Å²) in [6.07, 6.45) is -3.46. The number of hydrogen-bond donors (Lipinski definition) is 5. The van der Waals surface area contributed by atoms with Crippen molar-refractivity contribution in [3.8, 4) is 11.5 Å². The summed E-state index contributed by atoms with van der Waals surface area (Å²) in [5.74, 6) is -2.68. The summed E-state index contributed by atoms with van der Waals surface area (Å²) >= 11 is 0. The third kappa shape index (κ3) is 6.24. The summed E-state index contributed by atoms with van der Waals surface area (Å²) in [6.45, 7) is 1.53. The largest absolute Gasteiger partial charge is 0.497 e. The minimum atomic E-state index is -1.55. The number of methoxy groups -OCH3 is 1. The number of amides is 1. The fraction of sp³-hybridized carbons (Fsp3) is 0.417. The lowest BCUT2D eigenvalue weighted by atomic mass is 10.1. The zero-order valence-corrected chi connectivity index (χ0v) is 19.4. The number of hydrogen-bond acceptors (Lipinski definition) is 7. The van der Waals surface area contributed by atoms with Gasteiger partial charge < -0.3 is 35.5 Å². The molecule has 0 radical (unpaired) electrons. The van der Waals surface area contributed by atoms with E-state index >= 15 is 0 Å². The first-order valence-electron chi connectivity index (χ1n) is 11.1. The van der Waals surface area contributed by atoms with Crippen molar-refractivity contribution < 1.29 is 38.0 Å². The molecule has 1 aliphatic carbocycles. The van der Waals surface area contributed by atoms with Crippen LogP contribution in [0.15, 0.2) is 30.3 Å². The zero-order valence-electron chi connectivity index (χ0n) is 19.4. The van der Waals surface area contributed by atoms with E-state index in [-0.39, 0.29) is 37.6 Å². The Labute approximate surface area is 201 Å². The average molecular weight is 494 g/mol. The van der Waals surface area contributed by atoms with Crippen molar-refractivity contribution in [2.24, 2.45) is 5.73 Å². The maximum Gasteiger partial charge on any atom is 0.254 e. The first-order chi connectivity index (χ1) is 16.6. The third-order valence-corrected chi connectivity index (χ3v) is 5.70. The van der Waals surface area contributed by atoms with E-state index in [1.807, 2.05) is 0 Å². The highest BCUT2D eigenvalue weighted by atomic mass is 19.1. The standard InChI is InChI=1S/C24H29F2N3O6/c1-3-34-22(21-16(25)7-14(33-2)8-17(21)26)24(32)29-11-13-5-4-12(23(27)28)6-20(13)35-15-9-18(30)19(31)10-15/h4-8,15,18-19,22,30-31H,3,9-11H2,1-2H3,(H3,27,28)(H,29,32)/t15?,18-,19+,22?. The second kappa shape index (κ2) is 11.4. The summed E-state index contributed by atoms with van der Waals surface area (Å²) in [7, 11) is 1.27. The SMILES string of the molecule is CCOC(C(=O)NCc1ccc(C(=N)N)cc1OC1C[C@@H](O)[C@@H](O)C1)c1c(F)cc(OC)cc1F. The van der Waals surface area contributed by atoms with Crippen LogP contribution in [-0.4, -0.2) is 54.0 Å². The van der Waals surface area contributed by atoms with E-state index in [2.05, 4.69) is 5.32 Å². The van der Waals surface area contributed by atoms with Gasteiger partial charge in [-0.2, -0.15) is 0 Å². The van der Waals surface area contributed by atoms with Crippen molar-refractivity contribution in [3.05, 3.63) is 58.7 Å². The number of nitrogen functional groups attached to an aromatic ring is 1. The molecular weight excluding hydrogens is 464 g/mol. The number of carbonyl (C=O) groups excluding carboxylic acids is 1. The molecule has 0 heterocycles. The maximum atomic E-state index is 14.6. The maximum absolute atomic E-state index is 14.6. The van der Waals surface area contributed by atoms with E-state index in [1.54, 1.807) is 19.1 Å². The molecule has 1 fully saturated rings. The van der Waals surface area contributed by atoms with Crippen LogP contribution in [-0.2, 0) is 16.1 Å². The van der Waals surface area contributed by atoms with Crippen LogP contribution >= 0.6 is 0 Å². The van der Waals surface area contributed by atoms with Crippen LogP contribution in [0.3, 0.4) is 0 Å². The Hall–Kier alpha value is -3.28. The van der Waals surface area contributed by atoms with Crippen molar-refractivity contribution in [1.82, 2.24) is 5.32 Å². The smallest absolute Gasteiger partial charge is 0.254 e. The fourth-order valence-electron chi connectivity index (χ4n) is 3.86. The molecule has 4 atom stereocenters. The van der Waals surface area contributed by atoms with Crippen molar-refractivity contribution in [2.45, 2.75) is 50.7 Å². The summed E-state index contributed by atoms with van der Waals surface area (Å²) in [4.78, 5) is 12.9. The van der Waals surface area contributed by atoms with E-state index in [9.17, 15) is 23.8 Å². The number of ether oxygens (including phenoxy) is 3. The topological polar surface area (TPSA) is 147 Å². The van der Waals surface area contributed by atoms with Gasteiger partial charge in [-0.15, -0.1) is 0 Å². The second-order valence-corrected chi connectivity index (χ2v) is 8.14. The molecular formula is C24H29F2N3O6. The average Bonchev–Trinajstić information content (AvgIpc) is 3.13. The molecule has 0 saturated heterocycles. The highest BCUT2D eigenvalue weighted by Crippen LogP contribution is 2.30. The van der Waals surface area contributed by atoms with Gasteiger partial charge in [-0.1, -0.05) is 12.1 Å². The minimum Gasteiger partial charge on any atom is -0.497 e. The van der Waals surface area contributed by atoms with Gasteiger partial charge >= 0.3 is 0 Å². The highest BCUT2D eigenvalue weighted by molar-refractivity contribution is 5.95. The Morgan fingerprint density at radius 3 is 2.37 bits per heavy atom.